The Morgan fingerprint density at radius 1 is 1.28 bits per heavy atom. The van der Waals surface area contributed by atoms with E-state index in [0.29, 0.717) is 5.46 Å². The molecule has 3 nitrogen and oxygen atoms in total. The molecule has 1 saturated heterocycles. The van der Waals surface area contributed by atoms with E-state index in [1.54, 1.807) is 6.07 Å². The standard InChI is InChI=1S/C14H22BNO2/c1-12-4-3-8-16(9-7-12)11-13-5-2-6-14(10-13)15(17)18/h2,5-6,10,12,17-18H,3-4,7-9,11H2,1H3. The first-order valence-corrected chi connectivity index (χ1v) is 6.82. The van der Waals surface area contributed by atoms with Gasteiger partial charge < -0.3 is 10.0 Å². The minimum atomic E-state index is -1.37. The molecule has 18 heavy (non-hydrogen) atoms. The van der Waals surface area contributed by atoms with Crippen molar-refractivity contribution in [3.63, 3.8) is 0 Å². The molecule has 1 unspecified atom stereocenters. The first kappa shape index (κ1) is 13.6. The number of hydrogen-bond donors (Lipinski definition) is 2. The van der Waals surface area contributed by atoms with Crippen LogP contribution in [0.3, 0.4) is 0 Å². The quantitative estimate of drug-likeness (QED) is 0.783. The molecule has 0 saturated carbocycles. The van der Waals surface area contributed by atoms with Gasteiger partial charge in [-0.2, -0.15) is 0 Å². The average molecular weight is 247 g/mol. The van der Waals surface area contributed by atoms with E-state index in [1.807, 2.05) is 12.1 Å². The Bertz CT molecular complexity index is 384. The molecule has 1 aromatic rings. The second-order valence-corrected chi connectivity index (χ2v) is 5.43. The number of hydrogen-bond acceptors (Lipinski definition) is 3. The van der Waals surface area contributed by atoms with Gasteiger partial charge in [0.05, 0.1) is 0 Å². The van der Waals surface area contributed by atoms with Gasteiger partial charge in [0.2, 0.25) is 0 Å². The molecule has 4 heteroatoms. The van der Waals surface area contributed by atoms with Crippen LogP contribution in [-0.4, -0.2) is 35.2 Å². The van der Waals surface area contributed by atoms with Gasteiger partial charge >= 0.3 is 7.12 Å². The molecule has 1 aliphatic heterocycles. The normalized spacial score (nSPS) is 21.6. The highest BCUT2D eigenvalue weighted by molar-refractivity contribution is 6.58. The Kier molecular flexibility index (Phi) is 4.81. The lowest BCUT2D eigenvalue weighted by molar-refractivity contribution is 0.273. The van der Waals surface area contributed by atoms with Gasteiger partial charge in [-0.05, 0) is 49.3 Å². The molecule has 0 amide bonds. The molecule has 0 spiro atoms. The number of benzene rings is 1. The predicted molar refractivity (Wildman–Crippen MR) is 74.6 cm³/mol. The topological polar surface area (TPSA) is 43.7 Å². The molecule has 1 fully saturated rings. The molecule has 0 radical (unpaired) electrons. The molecule has 1 atom stereocenters. The molecule has 2 rings (SSSR count). The summed E-state index contributed by atoms with van der Waals surface area (Å²) < 4.78 is 0. The van der Waals surface area contributed by atoms with Crippen LogP contribution >= 0.6 is 0 Å². The van der Waals surface area contributed by atoms with Gasteiger partial charge in [0.1, 0.15) is 0 Å². The monoisotopic (exact) mass is 247 g/mol. The van der Waals surface area contributed by atoms with E-state index in [9.17, 15) is 10.0 Å². The van der Waals surface area contributed by atoms with Crippen LogP contribution in [0.2, 0.25) is 0 Å². The van der Waals surface area contributed by atoms with Crippen LogP contribution in [0.15, 0.2) is 24.3 Å². The third kappa shape index (κ3) is 3.84. The number of rotatable bonds is 3. The van der Waals surface area contributed by atoms with E-state index < -0.39 is 7.12 Å². The Morgan fingerprint density at radius 2 is 2.11 bits per heavy atom. The van der Waals surface area contributed by atoms with Gasteiger partial charge in [0, 0.05) is 6.54 Å². The first-order valence-electron chi connectivity index (χ1n) is 6.82. The van der Waals surface area contributed by atoms with E-state index in [4.69, 9.17) is 0 Å². The van der Waals surface area contributed by atoms with E-state index in [2.05, 4.69) is 17.9 Å². The molecule has 1 aliphatic rings. The minimum absolute atomic E-state index is 0.579. The first-order chi connectivity index (χ1) is 8.65. The van der Waals surface area contributed by atoms with Crippen LogP contribution in [0.4, 0.5) is 0 Å². The number of likely N-dealkylation sites (tertiary alicyclic amines) is 1. The molecule has 98 valence electrons. The summed E-state index contributed by atoms with van der Waals surface area (Å²) in [4.78, 5) is 2.46. The maximum Gasteiger partial charge on any atom is 0.488 e. The van der Waals surface area contributed by atoms with Gasteiger partial charge in [0.15, 0.2) is 0 Å². The van der Waals surface area contributed by atoms with Crippen molar-refractivity contribution in [2.24, 2.45) is 5.92 Å². The molecule has 0 aromatic heterocycles. The van der Waals surface area contributed by atoms with Crippen LogP contribution in [-0.2, 0) is 6.54 Å². The van der Waals surface area contributed by atoms with Crippen molar-refractivity contribution in [1.82, 2.24) is 4.90 Å². The largest absolute Gasteiger partial charge is 0.488 e. The van der Waals surface area contributed by atoms with Crippen LogP contribution in [0.5, 0.6) is 0 Å². The lowest BCUT2D eigenvalue weighted by atomic mass is 9.79. The number of nitrogens with zero attached hydrogens (tertiary/aromatic N) is 1. The van der Waals surface area contributed by atoms with E-state index in [-0.39, 0.29) is 0 Å². The minimum Gasteiger partial charge on any atom is -0.423 e. The van der Waals surface area contributed by atoms with E-state index >= 15 is 0 Å². The maximum atomic E-state index is 9.18. The van der Waals surface area contributed by atoms with Gasteiger partial charge in [-0.15, -0.1) is 0 Å². The Labute approximate surface area is 110 Å². The molecule has 2 N–H and O–H groups in total. The SMILES string of the molecule is CC1CCCN(Cc2cccc(B(O)O)c2)CC1. The van der Waals surface area contributed by atoms with Gasteiger partial charge in [-0.1, -0.05) is 31.2 Å². The zero-order valence-electron chi connectivity index (χ0n) is 11.0. The zero-order valence-corrected chi connectivity index (χ0v) is 11.0. The lowest BCUT2D eigenvalue weighted by Gasteiger charge is -2.20. The highest BCUT2D eigenvalue weighted by Crippen LogP contribution is 2.17. The third-order valence-electron chi connectivity index (χ3n) is 3.76. The Morgan fingerprint density at radius 3 is 2.89 bits per heavy atom. The fourth-order valence-corrected chi connectivity index (χ4v) is 2.59. The summed E-state index contributed by atoms with van der Waals surface area (Å²) in [6, 6.07) is 7.59. The van der Waals surface area contributed by atoms with Crippen molar-refractivity contribution in [1.29, 1.82) is 0 Å². The lowest BCUT2D eigenvalue weighted by Crippen LogP contribution is -2.31. The van der Waals surface area contributed by atoms with Crippen molar-refractivity contribution in [3.05, 3.63) is 29.8 Å². The second kappa shape index (κ2) is 6.37. The summed E-state index contributed by atoms with van der Waals surface area (Å²) in [7, 11) is -1.37. The predicted octanol–water partition coefficient (Wildman–Crippen LogP) is 0.988. The molecule has 1 aromatic carbocycles. The van der Waals surface area contributed by atoms with Crippen LogP contribution in [0.1, 0.15) is 31.7 Å². The highest BCUT2D eigenvalue weighted by atomic mass is 16.4. The Balaban J connectivity index is 1.98. The average Bonchev–Trinajstić information content (AvgIpc) is 2.55. The molecule has 0 aliphatic carbocycles. The fraction of sp³-hybridized carbons (Fsp3) is 0.571. The van der Waals surface area contributed by atoms with Crippen LogP contribution in [0.25, 0.3) is 0 Å². The smallest absolute Gasteiger partial charge is 0.423 e. The third-order valence-corrected chi connectivity index (χ3v) is 3.76. The maximum absolute atomic E-state index is 9.18. The summed E-state index contributed by atoms with van der Waals surface area (Å²) in [5.74, 6) is 0.834. The van der Waals surface area contributed by atoms with Crippen molar-refractivity contribution < 1.29 is 10.0 Å². The van der Waals surface area contributed by atoms with Crippen molar-refractivity contribution >= 4 is 12.6 Å². The van der Waals surface area contributed by atoms with Gasteiger partial charge in [0.25, 0.3) is 0 Å². The molecular formula is C14H22BNO2. The molecular weight excluding hydrogens is 225 g/mol. The van der Waals surface area contributed by atoms with Crippen molar-refractivity contribution in [2.75, 3.05) is 13.1 Å². The molecule has 0 bridgehead atoms. The second-order valence-electron chi connectivity index (χ2n) is 5.43. The summed E-state index contributed by atoms with van der Waals surface area (Å²) in [6.07, 6.45) is 3.86. The summed E-state index contributed by atoms with van der Waals surface area (Å²) in [6.45, 7) is 5.53. The van der Waals surface area contributed by atoms with Gasteiger partial charge in [-0.25, -0.2) is 0 Å². The summed E-state index contributed by atoms with van der Waals surface area (Å²) >= 11 is 0. The summed E-state index contributed by atoms with van der Waals surface area (Å²) in [5.41, 5.74) is 1.74. The highest BCUT2D eigenvalue weighted by Gasteiger charge is 2.15. The summed E-state index contributed by atoms with van der Waals surface area (Å²) in [5, 5.41) is 18.4. The van der Waals surface area contributed by atoms with E-state index in [0.717, 1.165) is 31.1 Å². The fourth-order valence-electron chi connectivity index (χ4n) is 2.59. The van der Waals surface area contributed by atoms with Crippen molar-refractivity contribution in [2.45, 2.75) is 32.7 Å². The van der Waals surface area contributed by atoms with Crippen LogP contribution < -0.4 is 5.46 Å². The zero-order chi connectivity index (χ0) is 13.0. The van der Waals surface area contributed by atoms with E-state index in [1.165, 1.54) is 19.3 Å². The van der Waals surface area contributed by atoms with Crippen LogP contribution in [0, 0.1) is 5.92 Å². The van der Waals surface area contributed by atoms with Gasteiger partial charge in [-0.3, -0.25) is 4.90 Å². The Hall–Kier alpha value is -0.835. The molecule has 1 heterocycles. The van der Waals surface area contributed by atoms with Crippen molar-refractivity contribution in [3.8, 4) is 0 Å².